The summed E-state index contributed by atoms with van der Waals surface area (Å²) in [5.74, 6) is 0. The van der Waals surface area contributed by atoms with Crippen molar-refractivity contribution in [2.75, 3.05) is 4.90 Å². The zero-order chi connectivity index (χ0) is 39.8. The van der Waals surface area contributed by atoms with Crippen LogP contribution in [0.2, 0.25) is 0 Å². The van der Waals surface area contributed by atoms with Gasteiger partial charge in [-0.15, -0.1) is 0 Å². The number of aromatic nitrogens is 1. The van der Waals surface area contributed by atoms with Crippen LogP contribution in [0.1, 0.15) is 0 Å². The molecule has 0 aliphatic rings. The van der Waals surface area contributed by atoms with E-state index < -0.39 is 0 Å². The second kappa shape index (κ2) is 15.1. The maximum atomic E-state index is 2.45. The van der Waals surface area contributed by atoms with Gasteiger partial charge in [0.1, 0.15) is 0 Å². The number of nitrogens with zero attached hydrogens (tertiary/aromatic N) is 2. The number of para-hydroxylation sites is 2. The minimum absolute atomic E-state index is 1.07. The molecule has 11 aromatic rings. The van der Waals surface area contributed by atoms with Crippen molar-refractivity contribution in [3.8, 4) is 50.2 Å². The van der Waals surface area contributed by atoms with Crippen LogP contribution in [0, 0.1) is 0 Å². The quantitative estimate of drug-likeness (QED) is 0.150. The Hall–Kier alpha value is -7.94. The molecule has 0 atom stereocenters. The fourth-order valence-corrected chi connectivity index (χ4v) is 9.01. The van der Waals surface area contributed by atoms with E-state index >= 15 is 0 Å². The summed E-state index contributed by atoms with van der Waals surface area (Å²) in [5.41, 5.74) is 16.2. The van der Waals surface area contributed by atoms with Crippen LogP contribution in [0.3, 0.4) is 0 Å². The smallest absolute Gasteiger partial charge is 0.0546 e. The highest BCUT2D eigenvalue weighted by atomic mass is 15.1. The lowest BCUT2D eigenvalue weighted by Gasteiger charge is -2.30. The summed E-state index contributed by atoms with van der Waals surface area (Å²) in [6, 6.07) is 88.0. The van der Waals surface area contributed by atoms with Gasteiger partial charge in [0, 0.05) is 33.4 Å². The molecule has 1 aromatic heterocycles. The lowest BCUT2D eigenvalue weighted by Crippen LogP contribution is -2.12. The maximum absolute atomic E-state index is 2.45. The summed E-state index contributed by atoms with van der Waals surface area (Å²) < 4.78 is 2.39. The molecule has 0 N–H and O–H groups in total. The lowest BCUT2D eigenvalue weighted by atomic mass is 9.87. The molecule has 0 aliphatic carbocycles. The first kappa shape index (κ1) is 35.2. The van der Waals surface area contributed by atoms with Crippen molar-refractivity contribution in [2.24, 2.45) is 0 Å². The van der Waals surface area contributed by atoms with Crippen molar-refractivity contribution in [3.63, 3.8) is 0 Å². The van der Waals surface area contributed by atoms with E-state index in [0.29, 0.717) is 0 Å². The Morgan fingerprint density at radius 2 is 0.833 bits per heavy atom. The van der Waals surface area contributed by atoms with Crippen LogP contribution in [0.15, 0.2) is 243 Å². The minimum atomic E-state index is 1.07. The predicted molar refractivity (Wildman–Crippen MR) is 255 cm³/mol. The molecule has 0 radical (unpaired) electrons. The fraction of sp³-hybridized carbons (Fsp3) is 0. The summed E-state index contributed by atoms with van der Waals surface area (Å²) in [5, 5.41) is 4.97. The second-order valence-electron chi connectivity index (χ2n) is 15.3. The average molecular weight is 765 g/mol. The molecule has 11 rings (SSSR count). The Labute approximate surface area is 350 Å². The van der Waals surface area contributed by atoms with Crippen LogP contribution in [0.5, 0.6) is 0 Å². The topological polar surface area (TPSA) is 8.17 Å². The van der Waals surface area contributed by atoms with Gasteiger partial charge in [-0.3, -0.25) is 0 Å². The molecule has 0 aliphatic heterocycles. The highest BCUT2D eigenvalue weighted by Gasteiger charge is 2.23. The summed E-state index contributed by atoms with van der Waals surface area (Å²) in [6.45, 7) is 0. The Bertz CT molecular complexity index is 3250. The highest BCUT2D eigenvalue weighted by Crippen LogP contribution is 2.48. The molecular formula is C58H40N2. The van der Waals surface area contributed by atoms with Gasteiger partial charge in [0.05, 0.1) is 16.7 Å². The predicted octanol–water partition coefficient (Wildman–Crippen LogP) is 16.1. The van der Waals surface area contributed by atoms with Crippen LogP contribution in [0.4, 0.5) is 17.1 Å². The van der Waals surface area contributed by atoms with Crippen molar-refractivity contribution in [1.29, 1.82) is 0 Å². The molecule has 0 spiro atoms. The third-order valence-corrected chi connectivity index (χ3v) is 11.8. The van der Waals surface area contributed by atoms with Crippen molar-refractivity contribution in [2.45, 2.75) is 0 Å². The van der Waals surface area contributed by atoms with Crippen LogP contribution in [-0.4, -0.2) is 4.57 Å². The molecule has 10 aromatic carbocycles. The molecule has 0 saturated carbocycles. The van der Waals surface area contributed by atoms with Crippen LogP contribution in [0.25, 0.3) is 82.8 Å². The van der Waals surface area contributed by atoms with Gasteiger partial charge < -0.3 is 9.47 Å². The molecule has 2 heteroatoms. The zero-order valence-corrected chi connectivity index (χ0v) is 33.0. The Morgan fingerprint density at radius 3 is 1.55 bits per heavy atom. The Kier molecular flexibility index (Phi) is 8.87. The lowest BCUT2D eigenvalue weighted by molar-refractivity contribution is 1.17. The van der Waals surface area contributed by atoms with E-state index in [-0.39, 0.29) is 0 Å². The number of hydrogen-bond acceptors (Lipinski definition) is 1. The van der Waals surface area contributed by atoms with Crippen LogP contribution < -0.4 is 4.90 Å². The van der Waals surface area contributed by atoms with Crippen LogP contribution >= 0.6 is 0 Å². The number of fused-ring (bicyclic) bond motifs is 4. The van der Waals surface area contributed by atoms with Crippen molar-refractivity contribution in [1.82, 2.24) is 4.57 Å². The van der Waals surface area contributed by atoms with E-state index in [9.17, 15) is 0 Å². The molecule has 0 unspecified atom stereocenters. The molecule has 1 heterocycles. The van der Waals surface area contributed by atoms with E-state index in [1.165, 1.54) is 71.5 Å². The van der Waals surface area contributed by atoms with E-state index in [2.05, 4.69) is 252 Å². The van der Waals surface area contributed by atoms with E-state index in [4.69, 9.17) is 0 Å². The second-order valence-corrected chi connectivity index (χ2v) is 15.3. The summed E-state index contributed by atoms with van der Waals surface area (Å²) in [7, 11) is 0. The first-order chi connectivity index (χ1) is 29.8. The van der Waals surface area contributed by atoms with Crippen molar-refractivity contribution in [3.05, 3.63) is 243 Å². The van der Waals surface area contributed by atoms with Gasteiger partial charge in [-0.2, -0.15) is 0 Å². The molecule has 282 valence electrons. The maximum Gasteiger partial charge on any atom is 0.0546 e. The number of hydrogen-bond donors (Lipinski definition) is 0. The van der Waals surface area contributed by atoms with Crippen molar-refractivity contribution < 1.29 is 0 Å². The third-order valence-electron chi connectivity index (χ3n) is 11.8. The Morgan fingerprint density at radius 1 is 0.300 bits per heavy atom. The summed E-state index contributed by atoms with van der Waals surface area (Å²) in [6.07, 6.45) is 0. The molecule has 0 bridgehead atoms. The molecule has 0 fully saturated rings. The summed E-state index contributed by atoms with van der Waals surface area (Å²) in [4.78, 5) is 2.45. The van der Waals surface area contributed by atoms with Gasteiger partial charge in [-0.05, 0) is 110 Å². The fourth-order valence-electron chi connectivity index (χ4n) is 9.01. The van der Waals surface area contributed by atoms with Gasteiger partial charge in [0.15, 0.2) is 0 Å². The monoisotopic (exact) mass is 764 g/mol. The SMILES string of the molecule is c1ccc(-c2ccccc2-c2c(-c3ccccc3)cccc2N(c2ccc(-n3c4ccccc4c4ccccc43)cc2)c2cccc(-c3ccc4ccccc4c3)c2)cc1. The normalized spacial score (nSPS) is 11.3. The third kappa shape index (κ3) is 6.23. The standard InChI is InChI=1S/C58H40N2/c1-3-18-42(19-4-1)50-25-9-10-28-54(50)58-51(43-20-5-2-6-21-43)29-16-32-57(58)59(49-24-15-23-45(40-49)46-34-33-41-17-7-8-22-44(41)39-46)47-35-37-48(38-36-47)60-55-30-13-11-26-52(55)53-27-12-14-31-56(53)60/h1-40H. The first-order valence-electron chi connectivity index (χ1n) is 20.6. The van der Waals surface area contributed by atoms with E-state index in [0.717, 1.165) is 28.3 Å². The molecule has 0 saturated heterocycles. The van der Waals surface area contributed by atoms with Crippen molar-refractivity contribution >= 4 is 49.6 Å². The zero-order valence-electron chi connectivity index (χ0n) is 33.0. The largest absolute Gasteiger partial charge is 0.310 e. The molecule has 2 nitrogen and oxygen atoms in total. The van der Waals surface area contributed by atoms with Gasteiger partial charge >= 0.3 is 0 Å². The highest BCUT2D eigenvalue weighted by molar-refractivity contribution is 6.09. The van der Waals surface area contributed by atoms with Crippen LogP contribution in [-0.2, 0) is 0 Å². The molecular weight excluding hydrogens is 725 g/mol. The van der Waals surface area contributed by atoms with Gasteiger partial charge in [0.2, 0.25) is 0 Å². The summed E-state index contributed by atoms with van der Waals surface area (Å²) >= 11 is 0. The Balaban J connectivity index is 1.15. The molecule has 60 heavy (non-hydrogen) atoms. The first-order valence-corrected chi connectivity index (χ1v) is 20.6. The van der Waals surface area contributed by atoms with E-state index in [1.54, 1.807) is 0 Å². The van der Waals surface area contributed by atoms with Gasteiger partial charge in [-0.25, -0.2) is 0 Å². The minimum Gasteiger partial charge on any atom is -0.310 e. The molecule has 0 amide bonds. The number of rotatable bonds is 8. The number of benzene rings is 10. The average Bonchev–Trinajstić information content (AvgIpc) is 3.67. The van der Waals surface area contributed by atoms with E-state index in [1.807, 2.05) is 0 Å². The van der Waals surface area contributed by atoms with Gasteiger partial charge in [-0.1, -0.05) is 182 Å². The number of anilines is 3. The van der Waals surface area contributed by atoms with Gasteiger partial charge in [0.25, 0.3) is 0 Å².